The van der Waals surface area contributed by atoms with Gasteiger partial charge in [0, 0.05) is 6.42 Å². The van der Waals surface area contributed by atoms with Gasteiger partial charge in [0.1, 0.15) is 12.7 Å². The van der Waals surface area contributed by atoms with E-state index in [1.54, 1.807) is 0 Å². The van der Waals surface area contributed by atoms with Gasteiger partial charge in [-0.1, -0.05) is 26.2 Å². The fraction of sp³-hybridized carbons (Fsp3) is 0.714. The van der Waals surface area contributed by atoms with Crippen molar-refractivity contribution in [2.24, 2.45) is 0 Å². The predicted octanol–water partition coefficient (Wildman–Crippen LogP) is 0.591. The summed E-state index contributed by atoms with van der Waals surface area (Å²) in [6, 6.07) is 0. The van der Waals surface area contributed by atoms with Gasteiger partial charge in [0.2, 0.25) is 5.76 Å². The van der Waals surface area contributed by atoms with Crippen molar-refractivity contribution in [1.29, 1.82) is 0 Å². The van der Waals surface area contributed by atoms with Crippen LogP contribution in [0, 0.1) is 0 Å². The van der Waals surface area contributed by atoms with Crippen molar-refractivity contribution in [2.75, 3.05) is 13.2 Å². The molecule has 21 heavy (non-hydrogen) atoms. The number of Topliss-reactive ketones (excluding diaryl/α,β-unsaturated/α-hetero) is 1. The second kappa shape index (κ2) is 8.63. The van der Waals surface area contributed by atoms with E-state index in [-0.39, 0.29) is 18.1 Å². The highest BCUT2D eigenvalue weighted by Gasteiger charge is 2.40. The van der Waals surface area contributed by atoms with E-state index in [0.717, 1.165) is 25.7 Å². The average Bonchev–Trinajstić information content (AvgIpc) is 2.76. The first-order valence-corrected chi connectivity index (χ1v) is 7.08. The molecular formula is C14H22O7. The van der Waals surface area contributed by atoms with Crippen molar-refractivity contribution in [3.8, 4) is 0 Å². The molecule has 1 heterocycles. The number of esters is 1. The smallest absolute Gasteiger partial charge is 0.378 e. The fourth-order valence-corrected chi connectivity index (χ4v) is 1.94. The molecule has 0 unspecified atom stereocenters. The Hall–Kier alpha value is -1.60. The summed E-state index contributed by atoms with van der Waals surface area (Å²) in [6.07, 6.45) is 1.53. The van der Waals surface area contributed by atoms with Crippen molar-refractivity contribution in [3.63, 3.8) is 0 Å². The molecule has 0 aromatic carbocycles. The first-order chi connectivity index (χ1) is 10.0. The SMILES string of the molecule is CCCCCCC(=O)COC1=C(O)C(=O)O[C@@H]1[C@@H](O)CO. The number of ketones is 1. The summed E-state index contributed by atoms with van der Waals surface area (Å²) in [4.78, 5) is 22.8. The Kier molecular flexibility index (Phi) is 7.18. The second-order valence-corrected chi connectivity index (χ2v) is 4.93. The van der Waals surface area contributed by atoms with E-state index in [9.17, 15) is 19.8 Å². The Labute approximate surface area is 123 Å². The van der Waals surface area contributed by atoms with Gasteiger partial charge >= 0.3 is 5.97 Å². The van der Waals surface area contributed by atoms with Crippen LogP contribution >= 0.6 is 0 Å². The molecule has 0 saturated heterocycles. The minimum absolute atomic E-state index is 0.164. The topological polar surface area (TPSA) is 113 Å². The minimum Gasteiger partial charge on any atom is -0.499 e. The lowest BCUT2D eigenvalue weighted by molar-refractivity contribution is -0.148. The monoisotopic (exact) mass is 302 g/mol. The summed E-state index contributed by atoms with van der Waals surface area (Å²) in [7, 11) is 0. The molecule has 0 fully saturated rings. The molecule has 0 spiro atoms. The minimum atomic E-state index is -1.41. The van der Waals surface area contributed by atoms with Crippen LogP contribution in [0.4, 0.5) is 0 Å². The van der Waals surface area contributed by atoms with Crippen LogP contribution in [0.1, 0.15) is 39.0 Å². The number of hydrogen-bond donors (Lipinski definition) is 3. The molecule has 0 aliphatic carbocycles. The van der Waals surface area contributed by atoms with Gasteiger partial charge in [-0.05, 0) is 6.42 Å². The molecule has 2 atom stereocenters. The molecule has 7 nitrogen and oxygen atoms in total. The molecule has 7 heteroatoms. The van der Waals surface area contributed by atoms with E-state index in [1.165, 1.54) is 0 Å². The maximum absolute atomic E-state index is 11.6. The van der Waals surface area contributed by atoms with Crippen molar-refractivity contribution >= 4 is 11.8 Å². The zero-order chi connectivity index (χ0) is 15.8. The number of unbranched alkanes of at least 4 members (excludes halogenated alkanes) is 3. The predicted molar refractivity (Wildman–Crippen MR) is 72.3 cm³/mol. The van der Waals surface area contributed by atoms with Gasteiger partial charge in [-0.3, -0.25) is 4.79 Å². The van der Waals surface area contributed by atoms with Crippen LogP contribution in [0.25, 0.3) is 0 Å². The summed E-state index contributed by atoms with van der Waals surface area (Å²) in [5.41, 5.74) is 0. The standard InChI is InChI=1S/C14H22O7/c1-2-3-4-5-6-9(16)8-20-13-11(18)14(19)21-12(13)10(17)7-15/h10,12,15,17-18H,2-8H2,1H3/t10-,12+/m0/s1. The van der Waals surface area contributed by atoms with Crippen LogP contribution in [0.2, 0.25) is 0 Å². The highest BCUT2D eigenvalue weighted by Crippen LogP contribution is 2.24. The third kappa shape index (κ3) is 5.02. The Bertz CT molecular complexity index is 402. The van der Waals surface area contributed by atoms with E-state index in [0.29, 0.717) is 6.42 Å². The van der Waals surface area contributed by atoms with Gasteiger partial charge in [0.05, 0.1) is 6.61 Å². The molecule has 1 aliphatic rings. The summed E-state index contributed by atoms with van der Waals surface area (Å²) in [5.74, 6) is -2.28. The molecule has 1 rings (SSSR count). The summed E-state index contributed by atoms with van der Waals surface area (Å²) < 4.78 is 9.78. The lowest BCUT2D eigenvalue weighted by Crippen LogP contribution is -2.33. The Balaban J connectivity index is 2.47. The van der Waals surface area contributed by atoms with E-state index < -0.39 is 30.5 Å². The van der Waals surface area contributed by atoms with Gasteiger partial charge in [0.15, 0.2) is 17.6 Å². The Morgan fingerprint density at radius 1 is 1.38 bits per heavy atom. The number of aliphatic hydroxyl groups is 3. The van der Waals surface area contributed by atoms with Gasteiger partial charge < -0.3 is 24.8 Å². The van der Waals surface area contributed by atoms with Crippen LogP contribution in [0.3, 0.4) is 0 Å². The number of rotatable bonds is 10. The first kappa shape index (κ1) is 17.5. The maximum Gasteiger partial charge on any atom is 0.378 e. The number of cyclic esters (lactones) is 1. The van der Waals surface area contributed by atoms with E-state index in [1.807, 2.05) is 0 Å². The maximum atomic E-state index is 11.6. The molecule has 0 aromatic heterocycles. The van der Waals surface area contributed by atoms with Crippen molar-refractivity contribution in [2.45, 2.75) is 51.2 Å². The molecule has 0 bridgehead atoms. The van der Waals surface area contributed by atoms with Crippen molar-refractivity contribution < 1.29 is 34.4 Å². The molecule has 0 radical (unpaired) electrons. The molecule has 0 aromatic rings. The highest BCUT2D eigenvalue weighted by molar-refractivity contribution is 5.89. The number of hydrogen-bond acceptors (Lipinski definition) is 7. The van der Waals surface area contributed by atoms with Crippen molar-refractivity contribution in [3.05, 3.63) is 11.5 Å². The number of aliphatic hydroxyl groups excluding tert-OH is 3. The Morgan fingerprint density at radius 3 is 2.71 bits per heavy atom. The van der Waals surface area contributed by atoms with Gasteiger partial charge in [-0.2, -0.15) is 0 Å². The van der Waals surface area contributed by atoms with Crippen LogP contribution in [-0.4, -0.2) is 52.5 Å². The lowest BCUT2D eigenvalue weighted by Gasteiger charge is -2.18. The van der Waals surface area contributed by atoms with Crippen LogP contribution in [0.15, 0.2) is 11.5 Å². The third-order valence-electron chi connectivity index (χ3n) is 3.15. The molecule has 0 amide bonds. The third-order valence-corrected chi connectivity index (χ3v) is 3.15. The van der Waals surface area contributed by atoms with E-state index in [4.69, 9.17) is 9.84 Å². The average molecular weight is 302 g/mol. The summed E-state index contributed by atoms with van der Waals surface area (Å²) >= 11 is 0. The van der Waals surface area contributed by atoms with Gasteiger partial charge in [-0.25, -0.2) is 4.79 Å². The molecular weight excluding hydrogens is 280 g/mol. The quantitative estimate of drug-likeness (QED) is 0.400. The molecule has 0 saturated carbocycles. The number of ether oxygens (including phenoxy) is 2. The normalized spacial score (nSPS) is 19.6. The largest absolute Gasteiger partial charge is 0.499 e. The van der Waals surface area contributed by atoms with E-state index >= 15 is 0 Å². The van der Waals surface area contributed by atoms with Gasteiger partial charge in [-0.15, -0.1) is 0 Å². The zero-order valence-corrected chi connectivity index (χ0v) is 12.1. The van der Waals surface area contributed by atoms with Crippen LogP contribution < -0.4 is 0 Å². The second-order valence-electron chi connectivity index (χ2n) is 4.93. The van der Waals surface area contributed by atoms with Gasteiger partial charge in [0.25, 0.3) is 0 Å². The fourth-order valence-electron chi connectivity index (χ4n) is 1.94. The summed E-state index contributed by atoms with van der Waals surface area (Å²) in [5, 5.41) is 27.9. The van der Waals surface area contributed by atoms with E-state index in [2.05, 4.69) is 11.7 Å². The molecule has 3 N–H and O–H groups in total. The summed E-state index contributed by atoms with van der Waals surface area (Å²) in [6.45, 7) is 1.10. The zero-order valence-electron chi connectivity index (χ0n) is 12.1. The number of carbonyl (C=O) groups is 2. The molecule has 1 aliphatic heterocycles. The van der Waals surface area contributed by atoms with Crippen LogP contribution in [-0.2, 0) is 19.1 Å². The Morgan fingerprint density at radius 2 is 2.10 bits per heavy atom. The lowest BCUT2D eigenvalue weighted by atomic mass is 10.1. The first-order valence-electron chi connectivity index (χ1n) is 7.08. The van der Waals surface area contributed by atoms with Crippen molar-refractivity contribution in [1.82, 2.24) is 0 Å². The number of carbonyl (C=O) groups excluding carboxylic acids is 2. The highest BCUT2D eigenvalue weighted by atomic mass is 16.6. The molecule has 120 valence electrons. The van der Waals surface area contributed by atoms with Crippen LogP contribution in [0.5, 0.6) is 0 Å².